The molecule has 1 aromatic carbocycles. The Hall–Kier alpha value is -2.24. The van der Waals surface area contributed by atoms with Gasteiger partial charge in [-0.05, 0) is 43.9 Å². The molecule has 1 aliphatic heterocycles. The molecule has 0 radical (unpaired) electrons. The van der Waals surface area contributed by atoms with Gasteiger partial charge in [-0.2, -0.15) is 0 Å². The van der Waals surface area contributed by atoms with Gasteiger partial charge in [-0.3, -0.25) is 9.59 Å². The van der Waals surface area contributed by atoms with Crippen LogP contribution in [0, 0.1) is 0 Å². The monoisotopic (exact) mass is 360 g/mol. The molecule has 1 aliphatic carbocycles. The van der Waals surface area contributed by atoms with E-state index in [9.17, 15) is 9.59 Å². The van der Waals surface area contributed by atoms with Crippen LogP contribution in [0.1, 0.15) is 51.5 Å². The molecule has 26 heavy (non-hydrogen) atoms. The van der Waals surface area contributed by atoms with E-state index < -0.39 is 11.5 Å². The van der Waals surface area contributed by atoms with E-state index in [4.69, 9.17) is 9.47 Å². The summed E-state index contributed by atoms with van der Waals surface area (Å²) in [5.74, 6) is 1.20. The van der Waals surface area contributed by atoms with Gasteiger partial charge in [0.05, 0.1) is 5.41 Å². The molecule has 6 heteroatoms. The van der Waals surface area contributed by atoms with Gasteiger partial charge in [-0.25, -0.2) is 0 Å². The van der Waals surface area contributed by atoms with Gasteiger partial charge in [-0.1, -0.05) is 25.8 Å². The molecule has 3 rings (SSSR count). The van der Waals surface area contributed by atoms with Crippen molar-refractivity contribution in [3.05, 3.63) is 23.8 Å². The zero-order valence-corrected chi connectivity index (χ0v) is 15.6. The number of hydrogen-bond donors (Lipinski definition) is 2. The van der Waals surface area contributed by atoms with Gasteiger partial charge < -0.3 is 20.1 Å². The molecule has 2 amide bonds. The van der Waals surface area contributed by atoms with Gasteiger partial charge in [0.2, 0.25) is 11.8 Å². The topological polar surface area (TPSA) is 76.7 Å². The second kappa shape index (κ2) is 7.98. The molecule has 1 heterocycles. The third-order valence-electron chi connectivity index (χ3n) is 5.28. The Kier molecular flexibility index (Phi) is 5.69. The van der Waals surface area contributed by atoms with Crippen molar-refractivity contribution in [1.82, 2.24) is 10.6 Å². The lowest BCUT2D eigenvalue weighted by Crippen LogP contribution is -2.51. The van der Waals surface area contributed by atoms with Crippen LogP contribution in [0.3, 0.4) is 0 Å². The summed E-state index contributed by atoms with van der Waals surface area (Å²) in [6, 6.07) is 5.22. The molecule has 2 aliphatic rings. The Balaban J connectivity index is 1.79. The number of hydrogen-bond acceptors (Lipinski definition) is 4. The lowest BCUT2D eigenvalue weighted by Gasteiger charge is -2.31. The average molecular weight is 360 g/mol. The Morgan fingerprint density at radius 2 is 1.85 bits per heavy atom. The molecule has 1 fully saturated rings. The normalized spacial score (nSPS) is 18.8. The fraction of sp³-hybridized carbons (Fsp3) is 0.600. The average Bonchev–Trinajstić information content (AvgIpc) is 3.16. The number of fused-ring (bicyclic) bond motifs is 1. The van der Waals surface area contributed by atoms with Gasteiger partial charge in [0.25, 0.3) is 0 Å². The highest BCUT2D eigenvalue weighted by atomic mass is 16.6. The highest BCUT2D eigenvalue weighted by molar-refractivity contribution is 5.93. The van der Waals surface area contributed by atoms with Crippen molar-refractivity contribution in [2.75, 3.05) is 19.8 Å². The minimum Gasteiger partial charge on any atom is -0.486 e. The van der Waals surface area contributed by atoms with Crippen LogP contribution >= 0.6 is 0 Å². The number of benzene rings is 1. The Morgan fingerprint density at radius 3 is 2.54 bits per heavy atom. The van der Waals surface area contributed by atoms with E-state index in [0.29, 0.717) is 25.5 Å². The molecule has 0 spiro atoms. The minimum atomic E-state index is -0.602. The van der Waals surface area contributed by atoms with E-state index in [1.165, 1.54) is 0 Å². The maximum absolute atomic E-state index is 13.2. The molecule has 2 N–H and O–H groups in total. The first-order chi connectivity index (χ1) is 12.6. The number of ether oxygens (including phenoxy) is 2. The Morgan fingerprint density at radius 1 is 1.15 bits per heavy atom. The third-order valence-corrected chi connectivity index (χ3v) is 5.28. The fourth-order valence-electron chi connectivity index (χ4n) is 3.77. The summed E-state index contributed by atoms with van der Waals surface area (Å²) < 4.78 is 11.3. The number of rotatable bonds is 6. The number of nitrogens with one attached hydrogen (secondary N) is 2. The van der Waals surface area contributed by atoms with Gasteiger partial charge in [0, 0.05) is 6.54 Å². The molecule has 1 aromatic rings. The smallest absolute Gasteiger partial charge is 0.242 e. The first-order valence-electron chi connectivity index (χ1n) is 9.55. The van der Waals surface area contributed by atoms with E-state index in [2.05, 4.69) is 10.6 Å². The maximum atomic E-state index is 13.2. The first kappa shape index (κ1) is 18.5. The molecule has 0 saturated heterocycles. The number of carbonyl (C=O) groups excluding carboxylic acids is 2. The van der Waals surface area contributed by atoms with E-state index in [0.717, 1.165) is 43.4 Å². The predicted molar refractivity (Wildman–Crippen MR) is 98.5 cm³/mol. The van der Waals surface area contributed by atoms with E-state index in [1.807, 2.05) is 25.1 Å². The molecule has 0 bridgehead atoms. The van der Waals surface area contributed by atoms with E-state index >= 15 is 0 Å². The van der Waals surface area contributed by atoms with Crippen molar-refractivity contribution in [1.29, 1.82) is 0 Å². The molecular formula is C20H28N2O4. The number of carbonyl (C=O) groups is 2. The standard InChI is InChI=1S/C20H28N2O4/c1-3-10-21-18(23)14(2)22-19(24)20(8-4-5-9-20)15-6-7-16-17(13-15)26-12-11-25-16/h6-7,13-14H,3-5,8-12H2,1-2H3,(H,21,23)(H,22,24)/t14-/m1/s1. The van der Waals surface area contributed by atoms with Crippen molar-refractivity contribution in [3.8, 4) is 11.5 Å². The van der Waals surface area contributed by atoms with E-state index in [-0.39, 0.29) is 11.8 Å². The van der Waals surface area contributed by atoms with Gasteiger partial charge in [0.1, 0.15) is 19.3 Å². The number of amides is 2. The van der Waals surface area contributed by atoms with Gasteiger partial charge in [0.15, 0.2) is 11.5 Å². The van der Waals surface area contributed by atoms with Crippen molar-refractivity contribution < 1.29 is 19.1 Å². The van der Waals surface area contributed by atoms with E-state index in [1.54, 1.807) is 6.92 Å². The van der Waals surface area contributed by atoms with Crippen molar-refractivity contribution in [3.63, 3.8) is 0 Å². The maximum Gasteiger partial charge on any atom is 0.242 e. The summed E-state index contributed by atoms with van der Waals surface area (Å²) in [4.78, 5) is 25.3. The summed E-state index contributed by atoms with van der Waals surface area (Å²) >= 11 is 0. The Labute approximate surface area is 154 Å². The molecule has 0 aromatic heterocycles. The van der Waals surface area contributed by atoms with Crippen LogP contribution in [-0.2, 0) is 15.0 Å². The van der Waals surface area contributed by atoms with Crippen molar-refractivity contribution in [2.45, 2.75) is 57.4 Å². The van der Waals surface area contributed by atoms with Crippen LogP contribution in [0.5, 0.6) is 11.5 Å². The molecule has 0 unspecified atom stereocenters. The summed E-state index contributed by atoms with van der Waals surface area (Å²) in [7, 11) is 0. The summed E-state index contributed by atoms with van der Waals surface area (Å²) in [5.41, 5.74) is 0.340. The molecule has 1 atom stereocenters. The van der Waals surface area contributed by atoms with Crippen LogP contribution < -0.4 is 20.1 Å². The van der Waals surface area contributed by atoms with Crippen LogP contribution in [-0.4, -0.2) is 37.6 Å². The lowest BCUT2D eigenvalue weighted by molar-refractivity contribution is -0.131. The van der Waals surface area contributed by atoms with Crippen LogP contribution in [0.4, 0.5) is 0 Å². The fourth-order valence-corrected chi connectivity index (χ4v) is 3.77. The Bertz CT molecular complexity index is 668. The molecule has 1 saturated carbocycles. The zero-order valence-electron chi connectivity index (χ0n) is 15.6. The quantitative estimate of drug-likeness (QED) is 0.816. The van der Waals surface area contributed by atoms with Crippen LogP contribution in [0.25, 0.3) is 0 Å². The van der Waals surface area contributed by atoms with Gasteiger partial charge >= 0.3 is 0 Å². The third kappa shape index (κ3) is 3.64. The van der Waals surface area contributed by atoms with Crippen molar-refractivity contribution >= 4 is 11.8 Å². The SMILES string of the molecule is CCCNC(=O)[C@@H](C)NC(=O)C1(c2ccc3c(c2)OCCO3)CCCC1. The summed E-state index contributed by atoms with van der Waals surface area (Å²) in [6.07, 6.45) is 4.42. The molecule has 142 valence electrons. The second-order valence-corrected chi connectivity index (χ2v) is 7.13. The zero-order chi connectivity index (χ0) is 18.6. The first-order valence-corrected chi connectivity index (χ1v) is 9.55. The van der Waals surface area contributed by atoms with Crippen molar-refractivity contribution in [2.24, 2.45) is 0 Å². The minimum absolute atomic E-state index is 0.0779. The highest BCUT2D eigenvalue weighted by Crippen LogP contribution is 2.44. The van der Waals surface area contributed by atoms with Gasteiger partial charge in [-0.15, -0.1) is 0 Å². The molecule has 6 nitrogen and oxygen atoms in total. The highest BCUT2D eigenvalue weighted by Gasteiger charge is 2.44. The summed E-state index contributed by atoms with van der Waals surface area (Å²) in [6.45, 7) is 5.41. The predicted octanol–water partition coefficient (Wildman–Crippen LogP) is 2.30. The molecular weight excluding hydrogens is 332 g/mol. The van der Waals surface area contributed by atoms with Crippen LogP contribution in [0.2, 0.25) is 0 Å². The largest absolute Gasteiger partial charge is 0.486 e. The summed E-state index contributed by atoms with van der Waals surface area (Å²) in [5, 5.41) is 5.76. The second-order valence-electron chi connectivity index (χ2n) is 7.13. The lowest BCUT2D eigenvalue weighted by atomic mass is 9.77. The van der Waals surface area contributed by atoms with Crippen LogP contribution in [0.15, 0.2) is 18.2 Å².